The molecule has 1 aromatic heterocycles. The summed E-state index contributed by atoms with van der Waals surface area (Å²) >= 11 is 1.52. The second-order valence-corrected chi connectivity index (χ2v) is 6.69. The number of nitrogens with zero attached hydrogens (tertiary/aromatic N) is 1. The molecule has 0 unspecified atom stereocenters. The molecule has 1 amide bonds. The third-order valence-electron chi connectivity index (χ3n) is 3.84. The Hall–Kier alpha value is -2.92. The van der Waals surface area contributed by atoms with Crippen molar-refractivity contribution >= 4 is 28.5 Å². The van der Waals surface area contributed by atoms with Gasteiger partial charge in [-0.2, -0.15) is 0 Å². The molecule has 132 valence electrons. The zero-order valence-corrected chi connectivity index (χ0v) is 15.5. The van der Waals surface area contributed by atoms with Crippen LogP contribution in [0.1, 0.15) is 17.4 Å². The molecule has 0 atom stereocenters. The summed E-state index contributed by atoms with van der Waals surface area (Å²) in [5.74, 6) is 0.590. The molecule has 0 saturated heterocycles. The van der Waals surface area contributed by atoms with Crippen molar-refractivity contribution in [1.82, 2.24) is 4.98 Å². The third-order valence-corrected chi connectivity index (χ3v) is 4.95. The maximum atomic E-state index is 12.2. The van der Waals surface area contributed by atoms with Gasteiger partial charge < -0.3 is 4.74 Å². The number of hydrogen-bond donors (Lipinski definition) is 1. The van der Waals surface area contributed by atoms with E-state index in [1.165, 1.54) is 17.4 Å². The van der Waals surface area contributed by atoms with Crippen LogP contribution in [0.15, 0.2) is 60.7 Å². The normalized spacial score (nSPS) is 10.8. The van der Waals surface area contributed by atoms with E-state index in [1.807, 2.05) is 54.6 Å². The van der Waals surface area contributed by atoms with Crippen molar-refractivity contribution in [1.29, 1.82) is 0 Å². The van der Waals surface area contributed by atoms with Gasteiger partial charge in [0.15, 0.2) is 5.13 Å². The van der Waals surface area contributed by atoms with Gasteiger partial charge in [-0.1, -0.05) is 49.4 Å². The first-order chi connectivity index (χ1) is 12.7. The third kappa shape index (κ3) is 4.37. The number of thiazole rings is 1. The second kappa shape index (κ2) is 8.45. The lowest BCUT2D eigenvalue weighted by molar-refractivity contribution is -0.111. The first kappa shape index (κ1) is 17.9. The van der Waals surface area contributed by atoms with E-state index in [2.05, 4.69) is 17.2 Å². The number of anilines is 1. The molecular formula is C21H20N2O2S. The van der Waals surface area contributed by atoms with Crippen molar-refractivity contribution in [3.05, 3.63) is 71.1 Å². The van der Waals surface area contributed by atoms with Crippen LogP contribution in [-0.2, 0) is 11.2 Å². The van der Waals surface area contributed by atoms with Crippen LogP contribution >= 0.6 is 11.3 Å². The maximum Gasteiger partial charge on any atom is 0.250 e. The highest BCUT2D eigenvalue weighted by molar-refractivity contribution is 7.16. The van der Waals surface area contributed by atoms with E-state index in [1.54, 1.807) is 13.2 Å². The number of amides is 1. The number of nitrogens with one attached hydrogen (secondary N) is 1. The van der Waals surface area contributed by atoms with Gasteiger partial charge in [-0.05, 0) is 30.2 Å². The Labute approximate surface area is 157 Å². The summed E-state index contributed by atoms with van der Waals surface area (Å²) < 4.78 is 5.12. The highest BCUT2D eigenvalue weighted by Crippen LogP contribution is 2.31. The summed E-state index contributed by atoms with van der Waals surface area (Å²) in [5, 5.41) is 3.47. The number of ether oxygens (including phenoxy) is 1. The summed E-state index contributed by atoms with van der Waals surface area (Å²) in [4.78, 5) is 18.0. The Morgan fingerprint density at radius 1 is 1.15 bits per heavy atom. The van der Waals surface area contributed by atoms with Gasteiger partial charge in [-0.3, -0.25) is 10.1 Å². The number of methoxy groups -OCH3 is 1. The Morgan fingerprint density at radius 2 is 1.88 bits per heavy atom. The summed E-state index contributed by atoms with van der Waals surface area (Å²) in [7, 11) is 1.63. The number of rotatable bonds is 6. The Bertz CT molecular complexity index is 900. The summed E-state index contributed by atoms with van der Waals surface area (Å²) in [6, 6.07) is 17.5. The maximum absolute atomic E-state index is 12.2. The minimum Gasteiger partial charge on any atom is -0.497 e. The van der Waals surface area contributed by atoms with E-state index >= 15 is 0 Å². The Morgan fingerprint density at radius 3 is 2.54 bits per heavy atom. The van der Waals surface area contributed by atoms with Gasteiger partial charge in [0, 0.05) is 16.5 Å². The lowest BCUT2D eigenvalue weighted by Gasteiger charge is -1.99. The van der Waals surface area contributed by atoms with Crippen molar-refractivity contribution < 1.29 is 9.53 Å². The fraction of sp³-hybridized carbons (Fsp3) is 0.143. The number of carbonyl (C=O) groups excluding carboxylic acids is 1. The van der Waals surface area contributed by atoms with Crippen LogP contribution in [0.5, 0.6) is 5.75 Å². The van der Waals surface area contributed by atoms with Gasteiger partial charge in [0.1, 0.15) is 5.75 Å². The van der Waals surface area contributed by atoms with Crippen molar-refractivity contribution in [3.63, 3.8) is 0 Å². The van der Waals surface area contributed by atoms with E-state index in [0.717, 1.165) is 33.9 Å². The van der Waals surface area contributed by atoms with Crippen LogP contribution < -0.4 is 10.1 Å². The van der Waals surface area contributed by atoms with E-state index in [-0.39, 0.29) is 5.91 Å². The van der Waals surface area contributed by atoms with Gasteiger partial charge in [0.25, 0.3) is 0 Å². The molecule has 0 bridgehead atoms. The van der Waals surface area contributed by atoms with Gasteiger partial charge in [-0.15, -0.1) is 11.3 Å². The largest absolute Gasteiger partial charge is 0.497 e. The molecule has 0 spiro atoms. The molecule has 0 aliphatic carbocycles. The van der Waals surface area contributed by atoms with Gasteiger partial charge in [-0.25, -0.2) is 4.98 Å². The lowest BCUT2D eigenvalue weighted by Crippen LogP contribution is -2.07. The number of hydrogen-bond acceptors (Lipinski definition) is 4. The van der Waals surface area contributed by atoms with Crippen LogP contribution in [0.25, 0.3) is 17.3 Å². The van der Waals surface area contributed by atoms with E-state index in [9.17, 15) is 4.79 Å². The minimum absolute atomic E-state index is 0.197. The molecule has 0 aliphatic heterocycles. The molecule has 4 nitrogen and oxygen atoms in total. The molecule has 0 aliphatic rings. The quantitative estimate of drug-likeness (QED) is 0.624. The van der Waals surface area contributed by atoms with Crippen molar-refractivity contribution in [2.75, 3.05) is 12.4 Å². The molecule has 26 heavy (non-hydrogen) atoms. The first-order valence-corrected chi connectivity index (χ1v) is 9.19. The van der Waals surface area contributed by atoms with Crippen LogP contribution in [-0.4, -0.2) is 18.0 Å². The van der Waals surface area contributed by atoms with E-state index in [4.69, 9.17) is 4.74 Å². The van der Waals surface area contributed by atoms with Crippen LogP contribution in [0.2, 0.25) is 0 Å². The highest BCUT2D eigenvalue weighted by Gasteiger charge is 2.12. The molecule has 5 heteroatoms. The highest BCUT2D eigenvalue weighted by atomic mass is 32.1. The summed E-state index contributed by atoms with van der Waals surface area (Å²) in [6.45, 7) is 2.09. The number of benzene rings is 2. The zero-order valence-electron chi connectivity index (χ0n) is 14.7. The number of aryl methyl sites for hydroxylation is 1. The molecule has 0 saturated carbocycles. The summed E-state index contributed by atoms with van der Waals surface area (Å²) in [5.41, 5.74) is 2.93. The van der Waals surface area contributed by atoms with Crippen molar-refractivity contribution in [2.45, 2.75) is 13.3 Å². The van der Waals surface area contributed by atoms with Gasteiger partial charge >= 0.3 is 0 Å². The standard InChI is InChI=1S/C21H20N2O2S/c1-3-18-20(16-7-5-4-6-8-16)23-21(26-18)22-19(24)14-11-15-9-12-17(25-2)13-10-15/h4-14H,3H2,1-2H3,(H,22,23,24)/b14-11+. The smallest absolute Gasteiger partial charge is 0.250 e. The molecular weight excluding hydrogens is 344 g/mol. The fourth-order valence-electron chi connectivity index (χ4n) is 2.50. The van der Waals surface area contributed by atoms with Crippen molar-refractivity contribution in [3.8, 4) is 17.0 Å². The predicted molar refractivity (Wildman–Crippen MR) is 108 cm³/mol. The molecule has 2 aromatic carbocycles. The van der Waals surface area contributed by atoms with E-state index < -0.39 is 0 Å². The van der Waals surface area contributed by atoms with Crippen LogP contribution in [0, 0.1) is 0 Å². The molecule has 1 heterocycles. The Balaban J connectivity index is 1.71. The lowest BCUT2D eigenvalue weighted by atomic mass is 10.1. The monoisotopic (exact) mass is 364 g/mol. The first-order valence-electron chi connectivity index (χ1n) is 8.38. The molecule has 0 radical (unpaired) electrons. The van der Waals surface area contributed by atoms with Gasteiger partial charge in [0.05, 0.1) is 12.8 Å². The van der Waals surface area contributed by atoms with Crippen molar-refractivity contribution in [2.24, 2.45) is 0 Å². The number of carbonyl (C=O) groups is 1. The van der Waals surface area contributed by atoms with Crippen LogP contribution in [0.4, 0.5) is 5.13 Å². The molecule has 3 aromatic rings. The SMILES string of the molecule is CCc1sc(NC(=O)/C=C/c2ccc(OC)cc2)nc1-c1ccccc1. The van der Waals surface area contributed by atoms with Gasteiger partial charge in [0.2, 0.25) is 5.91 Å². The topological polar surface area (TPSA) is 51.2 Å². The predicted octanol–water partition coefficient (Wildman–Crippen LogP) is 5.03. The number of aromatic nitrogens is 1. The summed E-state index contributed by atoms with van der Waals surface area (Å²) in [6.07, 6.45) is 4.15. The Kier molecular flexibility index (Phi) is 5.81. The molecule has 1 N–H and O–H groups in total. The molecule has 0 fully saturated rings. The average molecular weight is 364 g/mol. The zero-order chi connectivity index (χ0) is 18.4. The minimum atomic E-state index is -0.197. The van der Waals surface area contributed by atoms with Crippen LogP contribution in [0.3, 0.4) is 0 Å². The van der Waals surface area contributed by atoms with E-state index in [0.29, 0.717) is 5.13 Å². The fourth-order valence-corrected chi connectivity index (χ4v) is 3.43. The molecule has 3 rings (SSSR count). The second-order valence-electron chi connectivity index (χ2n) is 5.61. The average Bonchev–Trinajstić information content (AvgIpc) is 3.10.